The second kappa shape index (κ2) is 5.42. The van der Waals surface area contributed by atoms with E-state index in [1.54, 1.807) is 0 Å². The third-order valence-electron chi connectivity index (χ3n) is 3.65. The number of hydrogen-bond donors (Lipinski definition) is 2. The van der Waals surface area contributed by atoms with Crippen LogP contribution in [0.1, 0.15) is 48.5 Å². The molecule has 1 amide bonds. The number of rotatable bonds is 6. The van der Waals surface area contributed by atoms with E-state index in [1.807, 2.05) is 25.1 Å². The first kappa shape index (κ1) is 12.9. The summed E-state index contributed by atoms with van der Waals surface area (Å²) in [5.74, 6) is 0.456. The zero-order valence-electron chi connectivity index (χ0n) is 11.2. The fourth-order valence-electron chi connectivity index (χ4n) is 2.43. The van der Waals surface area contributed by atoms with Crippen LogP contribution in [-0.4, -0.2) is 11.9 Å². The molecular formula is C15H22N2O. The number of nitrogens with two attached hydrogens (primary N) is 1. The summed E-state index contributed by atoms with van der Waals surface area (Å²) in [4.78, 5) is 11.3. The van der Waals surface area contributed by atoms with E-state index in [9.17, 15) is 4.79 Å². The van der Waals surface area contributed by atoms with Crippen molar-refractivity contribution >= 4 is 11.6 Å². The molecule has 0 radical (unpaired) electrons. The standard InChI is InChI=1S/C15H22N2O/c1-3-4-14(11-6-7-11)17-12-8-5-10(2)13(9-12)15(16)18/h5,8-9,11,14,17H,3-4,6-7H2,1-2H3,(H2,16,18)/t14-/m0/s1. The summed E-state index contributed by atoms with van der Waals surface area (Å²) >= 11 is 0. The topological polar surface area (TPSA) is 55.1 Å². The molecule has 0 heterocycles. The number of carbonyl (C=O) groups excluding carboxylic acids is 1. The SMILES string of the molecule is CCC[C@H](Nc1ccc(C)c(C(N)=O)c1)C1CC1. The summed E-state index contributed by atoms with van der Waals surface area (Å²) in [5.41, 5.74) is 7.95. The molecule has 0 spiro atoms. The normalized spacial score (nSPS) is 16.3. The van der Waals surface area contributed by atoms with Crippen LogP contribution < -0.4 is 11.1 Å². The first-order valence-corrected chi connectivity index (χ1v) is 6.78. The number of primary amides is 1. The van der Waals surface area contributed by atoms with E-state index in [4.69, 9.17) is 5.73 Å². The molecule has 0 saturated heterocycles. The number of benzene rings is 1. The van der Waals surface area contributed by atoms with E-state index in [-0.39, 0.29) is 5.91 Å². The summed E-state index contributed by atoms with van der Waals surface area (Å²) in [5, 5.41) is 3.56. The molecule has 1 atom stereocenters. The van der Waals surface area contributed by atoms with Gasteiger partial charge in [-0.25, -0.2) is 0 Å². The molecule has 3 heteroatoms. The monoisotopic (exact) mass is 246 g/mol. The number of nitrogens with one attached hydrogen (secondary N) is 1. The predicted molar refractivity (Wildman–Crippen MR) is 74.7 cm³/mol. The van der Waals surface area contributed by atoms with E-state index >= 15 is 0 Å². The lowest BCUT2D eigenvalue weighted by Crippen LogP contribution is -2.22. The number of carbonyl (C=O) groups is 1. The molecule has 98 valence electrons. The molecule has 2 rings (SSSR count). The van der Waals surface area contributed by atoms with Gasteiger partial charge in [-0.3, -0.25) is 4.79 Å². The summed E-state index contributed by atoms with van der Waals surface area (Å²) < 4.78 is 0. The van der Waals surface area contributed by atoms with E-state index < -0.39 is 0 Å². The molecule has 18 heavy (non-hydrogen) atoms. The smallest absolute Gasteiger partial charge is 0.249 e. The lowest BCUT2D eigenvalue weighted by molar-refractivity contribution is 0.1000. The van der Waals surface area contributed by atoms with Gasteiger partial charge in [0.2, 0.25) is 5.91 Å². The minimum Gasteiger partial charge on any atom is -0.382 e. The van der Waals surface area contributed by atoms with E-state index in [0.717, 1.165) is 17.2 Å². The fraction of sp³-hybridized carbons (Fsp3) is 0.533. The van der Waals surface area contributed by atoms with Crippen LogP contribution in [-0.2, 0) is 0 Å². The first-order chi connectivity index (χ1) is 8.61. The maximum atomic E-state index is 11.3. The highest BCUT2D eigenvalue weighted by Gasteiger charge is 2.30. The maximum Gasteiger partial charge on any atom is 0.249 e. The van der Waals surface area contributed by atoms with Gasteiger partial charge in [0.1, 0.15) is 0 Å². The van der Waals surface area contributed by atoms with Crippen LogP contribution in [0.25, 0.3) is 0 Å². The van der Waals surface area contributed by atoms with Crippen molar-refractivity contribution in [1.82, 2.24) is 0 Å². The second-order valence-electron chi connectivity index (χ2n) is 5.27. The minimum atomic E-state index is -0.352. The van der Waals surface area contributed by atoms with Gasteiger partial charge in [0, 0.05) is 17.3 Å². The van der Waals surface area contributed by atoms with Gasteiger partial charge >= 0.3 is 0 Å². The lowest BCUT2D eigenvalue weighted by Gasteiger charge is -2.19. The van der Waals surface area contributed by atoms with Crippen LogP contribution >= 0.6 is 0 Å². The van der Waals surface area contributed by atoms with Gasteiger partial charge in [-0.15, -0.1) is 0 Å². The number of aryl methyl sites for hydroxylation is 1. The summed E-state index contributed by atoms with van der Waals surface area (Å²) in [6.45, 7) is 4.12. The second-order valence-corrected chi connectivity index (χ2v) is 5.27. The van der Waals surface area contributed by atoms with Gasteiger partial charge in [-0.1, -0.05) is 19.4 Å². The zero-order valence-corrected chi connectivity index (χ0v) is 11.2. The fourth-order valence-corrected chi connectivity index (χ4v) is 2.43. The maximum absolute atomic E-state index is 11.3. The molecule has 0 aromatic heterocycles. The van der Waals surface area contributed by atoms with Crippen LogP contribution in [0.4, 0.5) is 5.69 Å². The van der Waals surface area contributed by atoms with Crippen LogP contribution in [0.2, 0.25) is 0 Å². The van der Waals surface area contributed by atoms with E-state index in [0.29, 0.717) is 11.6 Å². The van der Waals surface area contributed by atoms with Gasteiger partial charge in [-0.2, -0.15) is 0 Å². The number of hydrogen-bond acceptors (Lipinski definition) is 2. The number of amides is 1. The third-order valence-corrected chi connectivity index (χ3v) is 3.65. The molecule has 1 aliphatic carbocycles. The highest BCUT2D eigenvalue weighted by atomic mass is 16.1. The largest absolute Gasteiger partial charge is 0.382 e. The average molecular weight is 246 g/mol. The molecule has 0 aliphatic heterocycles. The van der Waals surface area contributed by atoms with Crippen LogP contribution in [0.15, 0.2) is 18.2 Å². The molecule has 1 aliphatic rings. The van der Waals surface area contributed by atoms with Gasteiger partial charge in [0.15, 0.2) is 0 Å². The summed E-state index contributed by atoms with van der Waals surface area (Å²) in [6.07, 6.45) is 5.02. The Morgan fingerprint density at radius 3 is 2.78 bits per heavy atom. The van der Waals surface area contributed by atoms with Gasteiger partial charge in [-0.05, 0) is 49.8 Å². The first-order valence-electron chi connectivity index (χ1n) is 6.78. The highest BCUT2D eigenvalue weighted by Crippen LogP contribution is 2.36. The molecule has 1 fully saturated rings. The van der Waals surface area contributed by atoms with Gasteiger partial charge in [0.05, 0.1) is 0 Å². The zero-order chi connectivity index (χ0) is 13.1. The Hall–Kier alpha value is -1.51. The Bertz CT molecular complexity index is 438. The minimum absolute atomic E-state index is 0.352. The predicted octanol–water partition coefficient (Wildman–Crippen LogP) is 3.08. The van der Waals surface area contributed by atoms with Crippen LogP contribution in [0.3, 0.4) is 0 Å². The Morgan fingerprint density at radius 1 is 1.50 bits per heavy atom. The molecule has 1 aromatic carbocycles. The Balaban J connectivity index is 2.12. The Kier molecular flexibility index (Phi) is 3.90. The van der Waals surface area contributed by atoms with Crippen molar-refractivity contribution in [3.8, 4) is 0 Å². The molecule has 0 bridgehead atoms. The average Bonchev–Trinajstić information content (AvgIpc) is 3.14. The van der Waals surface area contributed by atoms with Crippen LogP contribution in [0, 0.1) is 12.8 Å². The van der Waals surface area contributed by atoms with Crippen molar-refractivity contribution in [2.24, 2.45) is 11.7 Å². The quantitative estimate of drug-likeness (QED) is 0.810. The molecular weight excluding hydrogens is 224 g/mol. The van der Waals surface area contributed by atoms with Crippen molar-refractivity contribution < 1.29 is 4.79 Å². The van der Waals surface area contributed by atoms with Crippen molar-refractivity contribution in [2.75, 3.05) is 5.32 Å². The molecule has 1 saturated carbocycles. The Morgan fingerprint density at radius 2 is 2.22 bits per heavy atom. The lowest BCUT2D eigenvalue weighted by atomic mass is 10.0. The molecule has 1 aromatic rings. The van der Waals surface area contributed by atoms with Crippen LogP contribution in [0.5, 0.6) is 0 Å². The van der Waals surface area contributed by atoms with Crippen molar-refractivity contribution in [3.05, 3.63) is 29.3 Å². The van der Waals surface area contributed by atoms with Gasteiger partial charge in [0.25, 0.3) is 0 Å². The third kappa shape index (κ3) is 3.03. The van der Waals surface area contributed by atoms with Crippen molar-refractivity contribution in [1.29, 1.82) is 0 Å². The van der Waals surface area contributed by atoms with E-state index in [1.165, 1.54) is 25.7 Å². The van der Waals surface area contributed by atoms with E-state index in [2.05, 4.69) is 12.2 Å². The molecule has 0 unspecified atom stereocenters. The van der Waals surface area contributed by atoms with Crippen molar-refractivity contribution in [2.45, 2.75) is 45.6 Å². The Labute approximate surface area is 109 Å². The summed E-state index contributed by atoms with van der Waals surface area (Å²) in [7, 11) is 0. The molecule has 3 N–H and O–H groups in total. The molecule has 3 nitrogen and oxygen atoms in total. The van der Waals surface area contributed by atoms with Gasteiger partial charge < -0.3 is 11.1 Å². The highest BCUT2D eigenvalue weighted by molar-refractivity contribution is 5.95. The summed E-state index contributed by atoms with van der Waals surface area (Å²) in [6, 6.07) is 6.41. The van der Waals surface area contributed by atoms with Crippen molar-refractivity contribution in [3.63, 3.8) is 0 Å². The number of anilines is 1.